The highest BCUT2D eigenvalue weighted by atomic mass is 31.2. The van der Waals surface area contributed by atoms with Crippen LogP contribution in [0.1, 0.15) is 16.8 Å². The zero-order valence-corrected chi connectivity index (χ0v) is 24.3. The number of hydrogen-bond acceptors (Lipinski definition) is 5. The lowest BCUT2D eigenvalue weighted by Gasteiger charge is -2.31. The molecule has 2 aromatic heterocycles. The Morgan fingerprint density at radius 1 is 1.07 bits per heavy atom. The van der Waals surface area contributed by atoms with Gasteiger partial charge in [-0.3, -0.25) is 9.69 Å². The molecule has 0 radical (unpaired) electrons. The van der Waals surface area contributed by atoms with Crippen LogP contribution in [0.25, 0.3) is 27.9 Å². The first-order chi connectivity index (χ1) is 19.7. The number of aromatic nitrogens is 3. The number of fused-ring (bicyclic) bond motifs is 3. The molecule has 210 valence electrons. The molecule has 7 nitrogen and oxygen atoms in total. The van der Waals surface area contributed by atoms with Crippen LogP contribution >= 0.6 is 7.14 Å². The minimum Gasteiger partial charge on any atom is -0.325 e. The molecule has 1 aliphatic heterocycles. The van der Waals surface area contributed by atoms with E-state index in [1.54, 1.807) is 6.07 Å². The summed E-state index contributed by atoms with van der Waals surface area (Å²) in [7, 11) is -0.473. The zero-order valence-electron chi connectivity index (χ0n) is 23.4. The molecule has 41 heavy (non-hydrogen) atoms. The SMILES string of the molecule is Cc1ccc(F)cc1Nc1nc2ccc3c(C)c(/C=C/CN4CCP(=O)(c5ccccc5)CC4)[nH]c(=O)c3c2n1C. The Morgan fingerprint density at radius 2 is 1.83 bits per heavy atom. The molecule has 1 saturated heterocycles. The van der Waals surface area contributed by atoms with Gasteiger partial charge in [0.2, 0.25) is 5.95 Å². The molecule has 2 N–H and O–H groups in total. The van der Waals surface area contributed by atoms with Crippen molar-refractivity contribution in [2.24, 2.45) is 7.05 Å². The van der Waals surface area contributed by atoms with Crippen LogP contribution in [0.4, 0.5) is 16.0 Å². The van der Waals surface area contributed by atoms with Crippen molar-refractivity contribution in [3.8, 4) is 0 Å². The predicted octanol–water partition coefficient (Wildman–Crippen LogP) is 5.93. The molecule has 3 heterocycles. The van der Waals surface area contributed by atoms with Crippen LogP contribution in [-0.2, 0) is 11.6 Å². The van der Waals surface area contributed by atoms with E-state index in [9.17, 15) is 13.8 Å². The number of nitrogens with one attached hydrogen (secondary N) is 2. The number of aromatic amines is 1. The lowest BCUT2D eigenvalue weighted by molar-refractivity contribution is 0.328. The van der Waals surface area contributed by atoms with E-state index in [-0.39, 0.29) is 11.4 Å². The lowest BCUT2D eigenvalue weighted by atomic mass is 10.0. The van der Waals surface area contributed by atoms with Crippen molar-refractivity contribution in [2.75, 3.05) is 37.3 Å². The van der Waals surface area contributed by atoms with Crippen molar-refractivity contribution in [2.45, 2.75) is 13.8 Å². The van der Waals surface area contributed by atoms with E-state index in [4.69, 9.17) is 0 Å². The molecule has 0 aliphatic carbocycles. The van der Waals surface area contributed by atoms with Crippen molar-refractivity contribution in [3.63, 3.8) is 0 Å². The maximum absolute atomic E-state index is 13.9. The number of nitrogens with zero attached hydrogens (tertiary/aromatic N) is 3. The molecule has 0 amide bonds. The van der Waals surface area contributed by atoms with Crippen LogP contribution in [0, 0.1) is 19.7 Å². The van der Waals surface area contributed by atoms with Gasteiger partial charge in [0.05, 0.1) is 16.4 Å². The van der Waals surface area contributed by atoms with Crippen molar-refractivity contribution in [1.82, 2.24) is 19.4 Å². The number of anilines is 2. The quantitative estimate of drug-likeness (QED) is 0.248. The van der Waals surface area contributed by atoms with Gasteiger partial charge < -0.3 is 19.4 Å². The normalized spacial score (nSPS) is 15.7. The van der Waals surface area contributed by atoms with Crippen LogP contribution in [0.15, 0.2) is 71.5 Å². The maximum Gasteiger partial charge on any atom is 0.258 e. The molecule has 9 heteroatoms. The summed E-state index contributed by atoms with van der Waals surface area (Å²) >= 11 is 0. The first kappa shape index (κ1) is 27.2. The second kappa shape index (κ2) is 10.8. The number of rotatable bonds is 6. The van der Waals surface area contributed by atoms with Gasteiger partial charge in [0.25, 0.3) is 5.56 Å². The fraction of sp³-hybridized carbons (Fsp3) is 0.250. The van der Waals surface area contributed by atoms with Gasteiger partial charge in [-0.1, -0.05) is 48.5 Å². The second-order valence-electron chi connectivity index (χ2n) is 10.8. The molecule has 0 saturated carbocycles. The number of hydrogen-bond donors (Lipinski definition) is 2. The van der Waals surface area contributed by atoms with Crippen LogP contribution < -0.4 is 16.2 Å². The van der Waals surface area contributed by atoms with Gasteiger partial charge >= 0.3 is 0 Å². The summed E-state index contributed by atoms with van der Waals surface area (Å²) in [5.74, 6) is 0.197. The second-order valence-corrected chi connectivity index (χ2v) is 14.0. The summed E-state index contributed by atoms with van der Waals surface area (Å²) in [5.41, 5.74) is 4.48. The van der Waals surface area contributed by atoms with Gasteiger partial charge in [-0.2, -0.15) is 0 Å². The number of imidazole rings is 1. The third-order valence-electron chi connectivity index (χ3n) is 8.20. The number of aryl methyl sites for hydroxylation is 3. The molecule has 6 rings (SSSR count). The average molecular weight is 570 g/mol. The van der Waals surface area contributed by atoms with E-state index < -0.39 is 7.14 Å². The van der Waals surface area contributed by atoms with Crippen LogP contribution in [0.5, 0.6) is 0 Å². The van der Waals surface area contributed by atoms with Gasteiger partial charge in [-0.25, -0.2) is 9.37 Å². The smallest absolute Gasteiger partial charge is 0.258 e. The topological polar surface area (TPSA) is 83.0 Å². The molecular formula is C32H33FN5O2P. The summed E-state index contributed by atoms with van der Waals surface area (Å²) in [6.07, 6.45) is 5.41. The fourth-order valence-electron chi connectivity index (χ4n) is 5.69. The zero-order chi connectivity index (χ0) is 28.7. The Labute approximate surface area is 238 Å². The molecule has 0 spiro atoms. The Kier molecular flexibility index (Phi) is 7.14. The van der Waals surface area contributed by atoms with E-state index in [2.05, 4.69) is 26.3 Å². The lowest BCUT2D eigenvalue weighted by Crippen LogP contribution is -2.37. The molecular weight excluding hydrogens is 536 g/mol. The maximum atomic E-state index is 13.9. The molecule has 3 aromatic carbocycles. The Balaban J connectivity index is 1.23. The molecule has 0 bridgehead atoms. The summed E-state index contributed by atoms with van der Waals surface area (Å²) in [6, 6.07) is 18.3. The minimum atomic E-state index is -2.32. The molecule has 0 unspecified atom stereocenters. The summed E-state index contributed by atoms with van der Waals surface area (Å²) in [4.78, 5) is 23.5. The van der Waals surface area contributed by atoms with E-state index in [0.717, 1.165) is 52.7 Å². The van der Waals surface area contributed by atoms with E-state index in [1.165, 1.54) is 12.1 Å². The first-order valence-electron chi connectivity index (χ1n) is 13.8. The largest absolute Gasteiger partial charge is 0.325 e. The number of halogens is 1. The summed E-state index contributed by atoms with van der Waals surface area (Å²) < 4.78 is 29.1. The summed E-state index contributed by atoms with van der Waals surface area (Å²) in [6.45, 7) is 6.20. The fourth-order valence-corrected chi connectivity index (χ4v) is 8.36. The Bertz CT molecular complexity index is 1900. The molecule has 1 fully saturated rings. The van der Waals surface area contributed by atoms with E-state index >= 15 is 0 Å². The van der Waals surface area contributed by atoms with Crippen LogP contribution in [-0.4, -0.2) is 51.4 Å². The minimum absolute atomic E-state index is 0.186. The van der Waals surface area contributed by atoms with Gasteiger partial charge in [0.1, 0.15) is 13.0 Å². The van der Waals surface area contributed by atoms with Gasteiger partial charge in [-0.05, 0) is 54.6 Å². The first-order valence-corrected chi connectivity index (χ1v) is 15.9. The van der Waals surface area contributed by atoms with Gasteiger partial charge in [-0.15, -0.1) is 0 Å². The Morgan fingerprint density at radius 3 is 2.59 bits per heavy atom. The van der Waals surface area contributed by atoms with Crippen LogP contribution in [0.3, 0.4) is 0 Å². The van der Waals surface area contributed by atoms with Gasteiger partial charge in [0.15, 0.2) is 0 Å². The van der Waals surface area contributed by atoms with E-state index in [0.29, 0.717) is 34.9 Å². The molecule has 5 aromatic rings. The van der Waals surface area contributed by atoms with Crippen LogP contribution in [0.2, 0.25) is 0 Å². The van der Waals surface area contributed by atoms with Crippen molar-refractivity contribution >= 4 is 52.0 Å². The standard InChI is InChI=1S/C32H33FN5O2P/c1-21-11-12-23(33)20-28(21)36-32-35-27-14-13-25-22(2)26(34-31(39)29(25)30(27)37(32)3)10-7-15-38-16-18-41(40,19-17-38)24-8-5-4-6-9-24/h4-14,20H,15-19H2,1-3H3,(H,34,39)(H,35,36)/b10-7+. The molecule has 1 aliphatic rings. The highest BCUT2D eigenvalue weighted by molar-refractivity contribution is 7.71. The van der Waals surface area contributed by atoms with Crippen molar-refractivity contribution in [3.05, 3.63) is 99.7 Å². The summed E-state index contributed by atoms with van der Waals surface area (Å²) in [5, 5.41) is 5.63. The highest BCUT2D eigenvalue weighted by Crippen LogP contribution is 2.46. The highest BCUT2D eigenvalue weighted by Gasteiger charge is 2.29. The average Bonchev–Trinajstić information content (AvgIpc) is 3.29. The van der Waals surface area contributed by atoms with Gasteiger partial charge in [0, 0.05) is 55.7 Å². The monoisotopic (exact) mass is 569 g/mol. The predicted molar refractivity (Wildman–Crippen MR) is 167 cm³/mol. The number of benzene rings is 3. The van der Waals surface area contributed by atoms with E-state index in [1.807, 2.05) is 74.0 Å². The number of H-pyrrole nitrogens is 1. The Hall–Kier alpha value is -4.00. The number of pyridine rings is 1. The van der Waals surface area contributed by atoms with Crippen molar-refractivity contribution < 1.29 is 8.96 Å². The third kappa shape index (κ3) is 5.14. The van der Waals surface area contributed by atoms with Crippen molar-refractivity contribution in [1.29, 1.82) is 0 Å². The molecule has 0 atom stereocenters. The third-order valence-corrected chi connectivity index (χ3v) is 11.3.